The van der Waals surface area contributed by atoms with Gasteiger partial charge < -0.3 is 20.3 Å². The summed E-state index contributed by atoms with van der Waals surface area (Å²) >= 11 is 0. The van der Waals surface area contributed by atoms with Crippen LogP contribution in [-0.2, 0) is 4.79 Å². The number of hydrogen-bond acceptors (Lipinski definition) is 4. The second-order valence-corrected chi connectivity index (χ2v) is 3.79. The van der Waals surface area contributed by atoms with Crippen molar-refractivity contribution in [3.05, 3.63) is 23.8 Å². The van der Waals surface area contributed by atoms with Crippen molar-refractivity contribution < 1.29 is 24.2 Å². The number of ether oxygens (including phenoxy) is 2. The molecule has 1 aromatic rings. The van der Waals surface area contributed by atoms with Gasteiger partial charge in [0.25, 0.3) is 0 Å². The number of primary amides is 1. The van der Waals surface area contributed by atoms with Gasteiger partial charge in [-0.05, 0) is 19.1 Å². The zero-order valence-corrected chi connectivity index (χ0v) is 10.2. The van der Waals surface area contributed by atoms with Crippen LogP contribution in [0.3, 0.4) is 0 Å². The first-order valence-corrected chi connectivity index (χ1v) is 5.29. The number of carbonyl (C=O) groups is 2. The summed E-state index contributed by atoms with van der Waals surface area (Å²) in [5.74, 6) is -0.800. The zero-order valence-electron chi connectivity index (χ0n) is 10.2. The van der Waals surface area contributed by atoms with Crippen molar-refractivity contribution in [2.24, 2.45) is 5.73 Å². The molecule has 6 heteroatoms. The molecule has 0 spiro atoms. The topological polar surface area (TPSA) is 98.8 Å². The molecule has 0 radical (unpaired) electrons. The average Bonchev–Trinajstić information content (AvgIpc) is 2.27. The maximum Gasteiger partial charge on any atom is 0.307 e. The molecule has 1 rings (SSSR count). The minimum atomic E-state index is -0.958. The van der Waals surface area contributed by atoms with E-state index in [0.717, 1.165) is 0 Å². The third kappa shape index (κ3) is 3.97. The Morgan fingerprint density at radius 1 is 1.33 bits per heavy atom. The first-order chi connectivity index (χ1) is 8.42. The van der Waals surface area contributed by atoms with Crippen LogP contribution < -0.4 is 15.2 Å². The van der Waals surface area contributed by atoms with Crippen LogP contribution in [0.25, 0.3) is 0 Å². The summed E-state index contributed by atoms with van der Waals surface area (Å²) < 4.78 is 10.4. The summed E-state index contributed by atoms with van der Waals surface area (Å²) in [4.78, 5) is 21.6. The van der Waals surface area contributed by atoms with Crippen molar-refractivity contribution in [1.29, 1.82) is 0 Å². The highest BCUT2D eigenvalue weighted by Gasteiger charge is 2.12. The van der Waals surface area contributed by atoms with E-state index in [1.807, 2.05) is 0 Å². The summed E-state index contributed by atoms with van der Waals surface area (Å²) in [5, 5.41) is 8.63. The molecule has 1 amide bonds. The first kappa shape index (κ1) is 13.8. The first-order valence-electron chi connectivity index (χ1n) is 5.29. The number of aliphatic carboxylic acids is 1. The van der Waals surface area contributed by atoms with Crippen molar-refractivity contribution in [1.82, 2.24) is 0 Å². The van der Waals surface area contributed by atoms with Crippen LogP contribution in [0.1, 0.15) is 23.7 Å². The molecule has 1 atom stereocenters. The predicted molar refractivity (Wildman–Crippen MR) is 63.9 cm³/mol. The van der Waals surface area contributed by atoms with E-state index in [1.54, 1.807) is 13.0 Å². The van der Waals surface area contributed by atoms with Crippen LogP contribution >= 0.6 is 0 Å². The number of benzene rings is 1. The highest BCUT2D eigenvalue weighted by Crippen LogP contribution is 2.23. The van der Waals surface area contributed by atoms with Gasteiger partial charge in [-0.25, -0.2) is 0 Å². The van der Waals surface area contributed by atoms with Gasteiger partial charge in [-0.15, -0.1) is 0 Å². The van der Waals surface area contributed by atoms with Crippen LogP contribution in [0.15, 0.2) is 18.2 Å². The zero-order chi connectivity index (χ0) is 13.7. The summed E-state index contributed by atoms with van der Waals surface area (Å²) in [7, 11) is 1.45. The Hall–Kier alpha value is -2.24. The maximum atomic E-state index is 11.1. The molecule has 0 aromatic heterocycles. The lowest BCUT2D eigenvalue weighted by molar-refractivity contribution is -0.138. The number of rotatable bonds is 6. The number of amides is 1. The lowest BCUT2D eigenvalue weighted by Crippen LogP contribution is -2.17. The molecule has 0 unspecified atom stereocenters. The molecule has 0 saturated carbocycles. The van der Waals surface area contributed by atoms with E-state index in [9.17, 15) is 9.59 Å². The van der Waals surface area contributed by atoms with E-state index in [0.29, 0.717) is 11.5 Å². The van der Waals surface area contributed by atoms with Gasteiger partial charge in [0.15, 0.2) is 0 Å². The molecule has 3 N–H and O–H groups in total. The summed E-state index contributed by atoms with van der Waals surface area (Å²) in [6.45, 7) is 1.62. The second kappa shape index (κ2) is 5.90. The van der Waals surface area contributed by atoms with Crippen molar-refractivity contribution in [2.75, 3.05) is 7.11 Å². The molecule has 6 nitrogen and oxygen atoms in total. The molecule has 0 heterocycles. The summed E-state index contributed by atoms with van der Waals surface area (Å²) in [5.41, 5.74) is 5.42. The van der Waals surface area contributed by atoms with E-state index < -0.39 is 18.0 Å². The summed E-state index contributed by atoms with van der Waals surface area (Å²) in [6, 6.07) is 4.49. The number of carboxylic acid groups (broad SMARTS) is 1. The van der Waals surface area contributed by atoms with Crippen molar-refractivity contribution in [3.63, 3.8) is 0 Å². The molecular weight excluding hydrogens is 238 g/mol. The molecule has 0 bridgehead atoms. The van der Waals surface area contributed by atoms with Gasteiger partial charge in [0, 0.05) is 11.6 Å². The van der Waals surface area contributed by atoms with E-state index in [-0.39, 0.29) is 12.0 Å². The van der Waals surface area contributed by atoms with E-state index in [4.69, 9.17) is 20.3 Å². The molecule has 0 aliphatic carbocycles. The Kier molecular flexibility index (Phi) is 4.53. The van der Waals surface area contributed by atoms with Crippen LogP contribution in [0.4, 0.5) is 0 Å². The Balaban J connectivity index is 2.90. The lowest BCUT2D eigenvalue weighted by atomic mass is 10.2. The van der Waals surface area contributed by atoms with Crippen LogP contribution in [-0.4, -0.2) is 30.2 Å². The molecule has 98 valence electrons. The van der Waals surface area contributed by atoms with E-state index in [1.165, 1.54) is 19.2 Å². The molecular formula is C12H15NO5. The molecule has 0 saturated heterocycles. The lowest BCUT2D eigenvalue weighted by Gasteiger charge is -2.14. The molecule has 0 aliphatic rings. The third-order valence-electron chi connectivity index (χ3n) is 2.20. The van der Waals surface area contributed by atoms with Crippen molar-refractivity contribution in [3.8, 4) is 11.5 Å². The number of hydrogen-bond donors (Lipinski definition) is 2. The minimum Gasteiger partial charge on any atom is -0.497 e. The molecule has 0 fully saturated rings. The normalized spacial score (nSPS) is 11.7. The number of carbonyl (C=O) groups excluding carboxylic acids is 1. The minimum absolute atomic E-state index is 0.136. The third-order valence-corrected chi connectivity index (χ3v) is 2.20. The highest BCUT2D eigenvalue weighted by molar-refractivity contribution is 5.93. The smallest absolute Gasteiger partial charge is 0.307 e. The van der Waals surface area contributed by atoms with Gasteiger partial charge in [0.05, 0.1) is 13.5 Å². The fourth-order valence-corrected chi connectivity index (χ4v) is 1.42. The Labute approximate surface area is 104 Å². The van der Waals surface area contributed by atoms with Crippen LogP contribution in [0, 0.1) is 0 Å². The number of nitrogens with two attached hydrogens (primary N) is 1. The van der Waals surface area contributed by atoms with E-state index in [2.05, 4.69) is 0 Å². The average molecular weight is 253 g/mol. The number of carboxylic acids is 1. The fourth-order valence-electron chi connectivity index (χ4n) is 1.42. The molecule has 18 heavy (non-hydrogen) atoms. The van der Waals surface area contributed by atoms with Crippen molar-refractivity contribution >= 4 is 11.9 Å². The largest absolute Gasteiger partial charge is 0.497 e. The van der Waals surface area contributed by atoms with Gasteiger partial charge in [-0.2, -0.15) is 0 Å². The van der Waals surface area contributed by atoms with Crippen molar-refractivity contribution in [2.45, 2.75) is 19.4 Å². The Morgan fingerprint density at radius 3 is 2.44 bits per heavy atom. The Morgan fingerprint density at radius 2 is 1.94 bits per heavy atom. The molecule has 0 aliphatic heterocycles. The van der Waals surface area contributed by atoms with E-state index >= 15 is 0 Å². The van der Waals surface area contributed by atoms with Crippen LogP contribution in [0.2, 0.25) is 0 Å². The maximum absolute atomic E-state index is 11.1. The predicted octanol–water partition coefficient (Wildman–Crippen LogP) is 1.04. The van der Waals surface area contributed by atoms with Gasteiger partial charge in [0.1, 0.15) is 17.6 Å². The fraction of sp³-hybridized carbons (Fsp3) is 0.333. The second-order valence-electron chi connectivity index (χ2n) is 3.79. The van der Waals surface area contributed by atoms with Crippen LogP contribution in [0.5, 0.6) is 11.5 Å². The number of methoxy groups -OCH3 is 1. The van der Waals surface area contributed by atoms with Gasteiger partial charge in [0.2, 0.25) is 5.91 Å². The highest BCUT2D eigenvalue weighted by atomic mass is 16.5. The molecule has 1 aromatic carbocycles. The van der Waals surface area contributed by atoms with Gasteiger partial charge in [-0.1, -0.05) is 0 Å². The quantitative estimate of drug-likeness (QED) is 0.789. The SMILES string of the molecule is COc1cc(O[C@@H](C)CC(=O)O)cc(C(N)=O)c1. The van der Waals surface area contributed by atoms with Gasteiger partial charge in [-0.3, -0.25) is 9.59 Å². The summed E-state index contributed by atoms with van der Waals surface area (Å²) in [6.07, 6.45) is -0.654. The van der Waals surface area contributed by atoms with Gasteiger partial charge >= 0.3 is 5.97 Å². The Bertz CT molecular complexity index is 458. The monoisotopic (exact) mass is 253 g/mol. The standard InChI is InChI=1S/C12H15NO5/c1-7(3-11(14)15)18-10-5-8(12(13)16)4-9(6-10)17-2/h4-7H,3H2,1-2H3,(H2,13,16)(H,14,15)/t7-/m0/s1.